The normalized spacial score (nSPS) is 26.8. The maximum Gasteiger partial charge on any atom is 0.233 e. The molecular weight excluding hydrogens is 252 g/mol. The molecule has 0 N–H and O–H groups in total. The molecule has 1 aliphatic carbocycles. The molecule has 18 heavy (non-hydrogen) atoms. The van der Waals surface area contributed by atoms with Crippen LogP contribution < -0.4 is 0 Å². The van der Waals surface area contributed by atoms with E-state index in [4.69, 9.17) is 11.6 Å². The number of carbonyl (C=O) groups excluding carboxylic acids is 2. The Morgan fingerprint density at radius 2 is 1.94 bits per heavy atom. The highest BCUT2D eigenvalue weighted by molar-refractivity contribution is 6.29. The molecule has 4 nitrogen and oxygen atoms in total. The van der Waals surface area contributed by atoms with Crippen molar-refractivity contribution in [1.29, 1.82) is 0 Å². The van der Waals surface area contributed by atoms with E-state index in [1.807, 2.05) is 0 Å². The quantitative estimate of drug-likeness (QED) is 0.607. The maximum atomic E-state index is 12.1. The molecule has 0 spiro atoms. The average molecular weight is 265 g/mol. The lowest BCUT2D eigenvalue weighted by atomic mass is 10.00. The standard InChI is InChI=1S/C13H13ClN2O2/c14-11-6-8(4-5-15-11)7-16-12(17)9-2-1-3-10(9)13(16)18/h4-6,9-10H,1-3,7H2. The van der Waals surface area contributed by atoms with Gasteiger partial charge in [-0.2, -0.15) is 0 Å². The number of halogens is 1. The first kappa shape index (κ1) is 11.7. The van der Waals surface area contributed by atoms with Gasteiger partial charge in [-0.3, -0.25) is 14.5 Å². The lowest BCUT2D eigenvalue weighted by molar-refractivity contribution is -0.141. The number of likely N-dealkylation sites (tertiary alicyclic amines) is 1. The number of fused-ring (bicyclic) bond motifs is 1. The molecule has 0 radical (unpaired) electrons. The summed E-state index contributed by atoms with van der Waals surface area (Å²) < 4.78 is 0. The zero-order valence-corrected chi connectivity index (χ0v) is 10.6. The SMILES string of the molecule is O=C1C2CCCC2C(=O)N1Cc1ccnc(Cl)c1. The van der Waals surface area contributed by atoms with Crippen molar-refractivity contribution < 1.29 is 9.59 Å². The van der Waals surface area contributed by atoms with E-state index in [-0.39, 0.29) is 23.7 Å². The molecule has 94 valence electrons. The molecule has 0 aromatic carbocycles. The molecular formula is C13H13ClN2O2. The molecule has 2 aliphatic rings. The predicted octanol–water partition coefficient (Wildman–Crippen LogP) is 2.02. The molecule has 1 aromatic rings. The maximum absolute atomic E-state index is 12.1. The van der Waals surface area contributed by atoms with Gasteiger partial charge in [0.1, 0.15) is 5.15 Å². The number of rotatable bonds is 2. The minimum atomic E-state index is -0.0743. The van der Waals surface area contributed by atoms with Gasteiger partial charge in [-0.05, 0) is 30.5 Å². The zero-order valence-electron chi connectivity index (χ0n) is 9.80. The van der Waals surface area contributed by atoms with Gasteiger partial charge in [0.15, 0.2) is 0 Å². The molecule has 5 heteroatoms. The van der Waals surface area contributed by atoms with E-state index in [0.29, 0.717) is 11.7 Å². The molecule has 2 amide bonds. The van der Waals surface area contributed by atoms with Crippen LogP contribution in [-0.2, 0) is 16.1 Å². The van der Waals surface area contributed by atoms with Crippen LogP contribution in [0.3, 0.4) is 0 Å². The van der Waals surface area contributed by atoms with Gasteiger partial charge in [0.2, 0.25) is 11.8 Å². The summed E-state index contributed by atoms with van der Waals surface area (Å²) in [5.74, 6) is -0.185. The van der Waals surface area contributed by atoms with Crippen LogP contribution in [0.5, 0.6) is 0 Å². The molecule has 1 aliphatic heterocycles. The monoisotopic (exact) mass is 264 g/mol. The van der Waals surface area contributed by atoms with Gasteiger partial charge in [0.05, 0.1) is 18.4 Å². The molecule has 0 bridgehead atoms. The van der Waals surface area contributed by atoms with Crippen LogP contribution in [0.15, 0.2) is 18.3 Å². The number of carbonyl (C=O) groups is 2. The molecule has 2 unspecified atom stereocenters. The van der Waals surface area contributed by atoms with Crippen molar-refractivity contribution in [2.24, 2.45) is 11.8 Å². The first-order valence-corrected chi connectivity index (χ1v) is 6.50. The van der Waals surface area contributed by atoms with E-state index in [0.717, 1.165) is 24.8 Å². The number of hydrogen-bond donors (Lipinski definition) is 0. The molecule has 2 heterocycles. The fourth-order valence-electron chi connectivity index (χ4n) is 2.94. The van der Waals surface area contributed by atoms with Gasteiger partial charge < -0.3 is 0 Å². The third-order valence-corrected chi connectivity index (χ3v) is 4.02. The van der Waals surface area contributed by atoms with Crippen LogP contribution >= 0.6 is 11.6 Å². The van der Waals surface area contributed by atoms with Crippen molar-refractivity contribution in [3.8, 4) is 0 Å². The highest BCUT2D eigenvalue weighted by Crippen LogP contribution is 2.40. The van der Waals surface area contributed by atoms with E-state index in [2.05, 4.69) is 4.98 Å². The molecule has 2 atom stereocenters. The van der Waals surface area contributed by atoms with Crippen LogP contribution in [-0.4, -0.2) is 21.7 Å². The van der Waals surface area contributed by atoms with Gasteiger partial charge in [-0.25, -0.2) is 4.98 Å². The minimum Gasteiger partial charge on any atom is -0.278 e. The number of imide groups is 1. The van der Waals surface area contributed by atoms with Crippen molar-refractivity contribution in [2.75, 3.05) is 0 Å². The highest BCUT2D eigenvalue weighted by Gasteiger charge is 2.49. The summed E-state index contributed by atoms with van der Waals surface area (Å²) >= 11 is 5.80. The van der Waals surface area contributed by atoms with Crippen LogP contribution in [0.4, 0.5) is 0 Å². The summed E-state index contributed by atoms with van der Waals surface area (Å²) in [5, 5.41) is 0.381. The topological polar surface area (TPSA) is 50.3 Å². The smallest absolute Gasteiger partial charge is 0.233 e. The van der Waals surface area contributed by atoms with E-state index >= 15 is 0 Å². The Morgan fingerprint density at radius 3 is 2.56 bits per heavy atom. The molecule has 1 aromatic heterocycles. The Morgan fingerprint density at radius 1 is 1.28 bits per heavy atom. The van der Waals surface area contributed by atoms with Crippen molar-refractivity contribution in [1.82, 2.24) is 9.88 Å². The Hall–Kier alpha value is -1.42. The summed E-state index contributed by atoms with van der Waals surface area (Å²) in [6.45, 7) is 0.312. The van der Waals surface area contributed by atoms with Crippen molar-refractivity contribution >= 4 is 23.4 Å². The Labute approximate surface area is 110 Å². The van der Waals surface area contributed by atoms with Gasteiger partial charge in [0.25, 0.3) is 0 Å². The van der Waals surface area contributed by atoms with Crippen LogP contribution in [0.2, 0.25) is 5.15 Å². The Kier molecular flexibility index (Phi) is 2.82. The lowest BCUT2D eigenvalue weighted by Gasteiger charge is -2.15. The first-order valence-electron chi connectivity index (χ1n) is 6.12. The number of amides is 2. The van der Waals surface area contributed by atoms with E-state index < -0.39 is 0 Å². The second kappa shape index (κ2) is 4.35. The van der Waals surface area contributed by atoms with Gasteiger partial charge in [0, 0.05) is 6.20 Å². The third kappa shape index (κ3) is 1.81. The van der Waals surface area contributed by atoms with Gasteiger partial charge >= 0.3 is 0 Å². The highest BCUT2D eigenvalue weighted by atomic mass is 35.5. The third-order valence-electron chi connectivity index (χ3n) is 3.81. The summed E-state index contributed by atoms with van der Waals surface area (Å²) in [4.78, 5) is 29.5. The van der Waals surface area contributed by atoms with Gasteiger partial charge in [-0.1, -0.05) is 18.0 Å². The zero-order chi connectivity index (χ0) is 12.7. The molecule has 1 saturated carbocycles. The number of hydrogen-bond acceptors (Lipinski definition) is 3. The molecule has 3 rings (SSSR count). The second-order valence-corrected chi connectivity index (χ2v) is 5.28. The summed E-state index contributed by atoms with van der Waals surface area (Å²) in [6, 6.07) is 3.47. The Balaban J connectivity index is 1.81. The van der Waals surface area contributed by atoms with Crippen LogP contribution in [0, 0.1) is 11.8 Å². The van der Waals surface area contributed by atoms with Crippen LogP contribution in [0.25, 0.3) is 0 Å². The van der Waals surface area contributed by atoms with Crippen molar-refractivity contribution in [3.05, 3.63) is 29.0 Å². The van der Waals surface area contributed by atoms with E-state index in [9.17, 15) is 9.59 Å². The summed E-state index contributed by atoms with van der Waals surface area (Å²) in [7, 11) is 0. The first-order chi connectivity index (χ1) is 8.66. The fraction of sp³-hybridized carbons (Fsp3) is 0.462. The number of aromatic nitrogens is 1. The number of pyridine rings is 1. The second-order valence-electron chi connectivity index (χ2n) is 4.89. The van der Waals surface area contributed by atoms with E-state index in [1.54, 1.807) is 18.3 Å². The van der Waals surface area contributed by atoms with Crippen LogP contribution in [0.1, 0.15) is 24.8 Å². The average Bonchev–Trinajstić information content (AvgIpc) is 2.90. The minimum absolute atomic E-state index is 0.0181. The fourth-order valence-corrected chi connectivity index (χ4v) is 3.14. The lowest BCUT2D eigenvalue weighted by Crippen LogP contribution is -2.31. The predicted molar refractivity (Wildman–Crippen MR) is 65.6 cm³/mol. The summed E-state index contributed by atoms with van der Waals surface area (Å²) in [6.07, 6.45) is 4.27. The summed E-state index contributed by atoms with van der Waals surface area (Å²) in [5.41, 5.74) is 0.844. The van der Waals surface area contributed by atoms with E-state index in [1.165, 1.54) is 4.90 Å². The Bertz CT molecular complexity index is 495. The van der Waals surface area contributed by atoms with Crippen molar-refractivity contribution in [3.63, 3.8) is 0 Å². The molecule has 1 saturated heterocycles. The van der Waals surface area contributed by atoms with Crippen molar-refractivity contribution in [2.45, 2.75) is 25.8 Å². The molecule has 2 fully saturated rings. The largest absolute Gasteiger partial charge is 0.278 e. The van der Waals surface area contributed by atoms with Gasteiger partial charge in [-0.15, -0.1) is 0 Å². The number of nitrogens with zero attached hydrogens (tertiary/aromatic N) is 2.